The van der Waals surface area contributed by atoms with Gasteiger partial charge in [0.25, 0.3) is 0 Å². The number of hydrogen-bond donors (Lipinski definition) is 1. The van der Waals surface area contributed by atoms with E-state index in [9.17, 15) is 13.2 Å². The van der Waals surface area contributed by atoms with E-state index in [0.717, 1.165) is 37.4 Å². The van der Waals surface area contributed by atoms with Crippen LogP contribution in [0.1, 0.15) is 34.8 Å². The number of anilines is 1. The van der Waals surface area contributed by atoms with Crippen LogP contribution >= 0.6 is 11.3 Å². The lowest BCUT2D eigenvalue weighted by Crippen LogP contribution is -2.32. The van der Waals surface area contributed by atoms with Gasteiger partial charge in [-0.2, -0.15) is 13.2 Å². The molecule has 3 nitrogen and oxygen atoms in total. The molecule has 0 spiro atoms. The number of hydrogen-bond acceptors (Lipinski definition) is 4. The SMILES string of the molecule is Nc1ncc(CN2CCC(c3ccccc3C(F)(F)F)CC2)s1. The molecule has 124 valence electrons. The maximum atomic E-state index is 13.1. The number of nitrogens with zero attached hydrogens (tertiary/aromatic N) is 2. The number of likely N-dealkylation sites (tertiary alicyclic amines) is 1. The molecule has 1 aliphatic rings. The highest BCUT2D eigenvalue weighted by Crippen LogP contribution is 2.38. The predicted octanol–water partition coefficient (Wildman–Crippen LogP) is 4.12. The summed E-state index contributed by atoms with van der Waals surface area (Å²) in [5.74, 6) is -0.0318. The van der Waals surface area contributed by atoms with Crippen molar-refractivity contribution in [2.24, 2.45) is 0 Å². The summed E-state index contributed by atoms with van der Waals surface area (Å²) < 4.78 is 39.4. The summed E-state index contributed by atoms with van der Waals surface area (Å²) in [5, 5.41) is 0.550. The summed E-state index contributed by atoms with van der Waals surface area (Å²) in [6, 6.07) is 5.95. The molecule has 0 radical (unpaired) electrons. The topological polar surface area (TPSA) is 42.1 Å². The number of thiazole rings is 1. The van der Waals surface area contributed by atoms with Crippen molar-refractivity contribution in [1.82, 2.24) is 9.88 Å². The molecule has 1 aromatic heterocycles. The number of nitrogen functional groups attached to an aromatic ring is 1. The first-order chi connectivity index (χ1) is 10.9. The normalized spacial score (nSPS) is 17.5. The van der Waals surface area contributed by atoms with Gasteiger partial charge >= 0.3 is 6.18 Å². The van der Waals surface area contributed by atoms with Crippen molar-refractivity contribution in [1.29, 1.82) is 0 Å². The zero-order chi connectivity index (χ0) is 16.4. The van der Waals surface area contributed by atoms with E-state index >= 15 is 0 Å². The molecule has 2 N–H and O–H groups in total. The van der Waals surface area contributed by atoms with E-state index in [1.165, 1.54) is 23.5 Å². The summed E-state index contributed by atoms with van der Waals surface area (Å²) in [7, 11) is 0. The summed E-state index contributed by atoms with van der Waals surface area (Å²) in [6.45, 7) is 2.34. The van der Waals surface area contributed by atoms with E-state index in [0.29, 0.717) is 10.7 Å². The minimum absolute atomic E-state index is 0.0318. The lowest BCUT2D eigenvalue weighted by molar-refractivity contribution is -0.138. The molecular weight excluding hydrogens is 323 g/mol. The van der Waals surface area contributed by atoms with E-state index in [4.69, 9.17) is 5.73 Å². The summed E-state index contributed by atoms with van der Waals surface area (Å²) in [4.78, 5) is 7.37. The molecule has 1 aliphatic heterocycles. The first kappa shape index (κ1) is 16.3. The van der Waals surface area contributed by atoms with Crippen LogP contribution in [0.2, 0.25) is 0 Å². The van der Waals surface area contributed by atoms with Crippen LogP contribution in [0, 0.1) is 0 Å². The number of halogens is 3. The third-order valence-corrected chi connectivity index (χ3v) is 5.06. The molecule has 0 saturated carbocycles. The largest absolute Gasteiger partial charge is 0.416 e. The molecule has 7 heteroatoms. The van der Waals surface area contributed by atoms with E-state index in [-0.39, 0.29) is 5.92 Å². The molecule has 0 amide bonds. The van der Waals surface area contributed by atoms with Gasteiger partial charge in [0.2, 0.25) is 0 Å². The standard InChI is InChI=1S/C16H18F3N3S/c17-16(18,19)14-4-2-1-3-13(14)11-5-7-22(8-6-11)10-12-9-21-15(20)23-12/h1-4,9,11H,5-8,10H2,(H2,20,21). The Labute approximate surface area is 136 Å². The molecule has 0 bridgehead atoms. The van der Waals surface area contributed by atoms with Crippen molar-refractivity contribution in [3.05, 3.63) is 46.5 Å². The third kappa shape index (κ3) is 3.84. The van der Waals surface area contributed by atoms with Gasteiger partial charge in [0, 0.05) is 17.6 Å². The molecule has 2 aromatic rings. The van der Waals surface area contributed by atoms with Crippen LogP contribution in [0.3, 0.4) is 0 Å². The lowest BCUT2D eigenvalue weighted by atomic mass is 9.86. The quantitative estimate of drug-likeness (QED) is 0.913. The minimum Gasteiger partial charge on any atom is -0.375 e. The summed E-state index contributed by atoms with van der Waals surface area (Å²) >= 11 is 1.46. The Bertz CT molecular complexity index is 661. The number of aromatic nitrogens is 1. The average Bonchev–Trinajstić information content (AvgIpc) is 2.92. The van der Waals surface area contributed by atoms with Gasteiger partial charge in [-0.25, -0.2) is 4.98 Å². The monoisotopic (exact) mass is 341 g/mol. The van der Waals surface area contributed by atoms with Gasteiger partial charge in [-0.1, -0.05) is 18.2 Å². The summed E-state index contributed by atoms with van der Waals surface area (Å²) in [6.07, 6.45) is -1.04. The Morgan fingerprint density at radius 3 is 2.52 bits per heavy atom. The molecule has 3 rings (SSSR count). The van der Waals surface area contributed by atoms with Gasteiger partial charge in [-0.3, -0.25) is 4.90 Å². The number of rotatable bonds is 3. The van der Waals surface area contributed by atoms with E-state index in [1.54, 1.807) is 18.3 Å². The maximum Gasteiger partial charge on any atom is 0.416 e. The molecule has 2 heterocycles. The Balaban J connectivity index is 1.65. The Kier molecular flexibility index (Phi) is 4.59. The first-order valence-electron chi connectivity index (χ1n) is 7.52. The van der Waals surface area contributed by atoms with E-state index in [1.807, 2.05) is 0 Å². The second-order valence-electron chi connectivity index (χ2n) is 5.80. The first-order valence-corrected chi connectivity index (χ1v) is 8.34. The van der Waals surface area contributed by atoms with Crippen molar-refractivity contribution in [3.8, 4) is 0 Å². The van der Waals surface area contributed by atoms with Crippen molar-refractivity contribution in [2.75, 3.05) is 18.8 Å². The zero-order valence-electron chi connectivity index (χ0n) is 12.5. The molecule has 1 aromatic carbocycles. The predicted molar refractivity (Wildman–Crippen MR) is 85.2 cm³/mol. The molecule has 1 saturated heterocycles. The number of alkyl halides is 3. The third-order valence-electron chi connectivity index (χ3n) is 4.24. The smallest absolute Gasteiger partial charge is 0.375 e. The van der Waals surface area contributed by atoms with Gasteiger partial charge in [-0.15, -0.1) is 11.3 Å². The zero-order valence-corrected chi connectivity index (χ0v) is 13.3. The fourth-order valence-corrected chi connectivity index (χ4v) is 3.86. The van der Waals surface area contributed by atoms with Crippen LogP contribution < -0.4 is 5.73 Å². The van der Waals surface area contributed by atoms with Crippen molar-refractivity contribution in [3.63, 3.8) is 0 Å². The Hall–Kier alpha value is -1.60. The molecule has 0 aliphatic carbocycles. The van der Waals surface area contributed by atoms with E-state index in [2.05, 4.69) is 9.88 Å². The Morgan fingerprint density at radius 2 is 1.91 bits per heavy atom. The highest BCUT2D eigenvalue weighted by Gasteiger charge is 2.35. The van der Waals surface area contributed by atoms with Gasteiger partial charge in [0.05, 0.1) is 5.56 Å². The van der Waals surface area contributed by atoms with Crippen molar-refractivity contribution >= 4 is 16.5 Å². The second-order valence-corrected chi connectivity index (χ2v) is 6.95. The molecular formula is C16H18F3N3S. The number of nitrogens with two attached hydrogens (primary N) is 1. The van der Waals surface area contributed by atoms with Crippen LogP contribution in [0.4, 0.5) is 18.3 Å². The van der Waals surface area contributed by atoms with Gasteiger partial charge in [0.15, 0.2) is 5.13 Å². The molecule has 0 unspecified atom stereocenters. The van der Waals surface area contributed by atoms with Crippen LogP contribution in [-0.2, 0) is 12.7 Å². The molecule has 1 fully saturated rings. The van der Waals surface area contributed by atoms with Crippen LogP contribution in [0.5, 0.6) is 0 Å². The number of piperidine rings is 1. The fraction of sp³-hybridized carbons (Fsp3) is 0.438. The minimum atomic E-state index is -4.28. The lowest BCUT2D eigenvalue weighted by Gasteiger charge is -2.32. The highest BCUT2D eigenvalue weighted by molar-refractivity contribution is 7.15. The average molecular weight is 341 g/mol. The van der Waals surface area contributed by atoms with E-state index < -0.39 is 11.7 Å². The van der Waals surface area contributed by atoms with Crippen LogP contribution in [-0.4, -0.2) is 23.0 Å². The van der Waals surface area contributed by atoms with Crippen LogP contribution in [0.25, 0.3) is 0 Å². The van der Waals surface area contributed by atoms with Crippen LogP contribution in [0.15, 0.2) is 30.5 Å². The maximum absolute atomic E-state index is 13.1. The van der Waals surface area contributed by atoms with Gasteiger partial charge < -0.3 is 5.73 Å². The number of benzene rings is 1. The molecule has 0 atom stereocenters. The highest BCUT2D eigenvalue weighted by atomic mass is 32.1. The Morgan fingerprint density at radius 1 is 1.22 bits per heavy atom. The second kappa shape index (κ2) is 6.49. The van der Waals surface area contributed by atoms with Crippen molar-refractivity contribution < 1.29 is 13.2 Å². The van der Waals surface area contributed by atoms with Gasteiger partial charge in [-0.05, 0) is 43.5 Å². The fourth-order valence-electron chi connectivity index (χ4n) is 3.13. The summed E-state index contributed by atoms with van der Waals surface area (Å²) in [5.41, 5.74) is 5.56. The molecule has 23 heavy (non-hydrogen) atoms. The van der Waals surface area contributed by atoms with Gasteiger partial charge in [0.1, 0.15) is 0 Å². The van der Waals surface area contributed by atoms with Crippen molar-refractivity contribution in [2.45, 2.75) is 31.5 Å².